The number of carbonyl (C=O) groups is 2. The Morgan fingerprint density at radius 2 is 1.74 bits per heavy atom. The zero-order chi connectivity index (χ0) is 28.0. The molecule has 4 rings (SSSR count). The highest BCUT2D eigenvalue weighted by Crippen LogP contribution is 2.53. The van der Waals surface area contributed by atoms with Crippen LogP contribution in [-0.4, -0.2) is 32.4 Å². The van der Waals surface area contributed by atoms with E-state index in [0.717, 1.165) is 11.1 Å². The molecule has 198 valence electrons. The van der Waals surface area contributed by atoms with Crippen molar-refractivity contribution >= 4 is 46.5 Å². The van der Waals surface area contributed by atoms with Gasteiger partial charge in [0.1, 0.15) is 11.3 Å². The minimum absolute atomic E-state index is 0.0444. The van der Waals surface area contributed by atoms with E-state index in [1.807, 2.05) is 13.0 Å². The monoisotopic (exact) mass is 533 g/mol. The van der Waals surface area contributed by atoms with Gasteiger partial charge in [0.25, 0.3) is 5.91 Å². The van der Waals surface area contributed by atoms with Crippen LogP contribution in [0, 0.1) is 5.92 Å². The molecule has 1 aromatic heterocycles. The van der Waals surface area contributed by atoms with E-state index in [4.69, 9.17) is 21.8 Å². The number of aromatic hydroxyl groups is 1. The van der Waals surface area contributed by atoms with Crippen molar-refractivity contribution in [2.75, 3.05) is 5.32 Å². The summed E-state index contributed by atoms with van der Waals surface area (Å²) in [5.41, 5.74) is 5.04. The van der Waals surface area contributed by atoms with E-state index in [-0.39, 0.29) is 27.2 Å². The molecule has 2 aromatic carbocycles. The molecule has 8 nitrogen and oxygen atoms in total. The van der Waals surface area contributed by atoms with E-state index in [1.54, 1.807) is 0 Å². The lowest BCUT2D eigenvalue weighted by molar-refractivity contribution is 0.0693. The van der Waals surface area contributed by atoms with Gasteiger partial charge in [-0.3, -0.25) is 10.1 Å². The van der Waals surface area contributed by atoms with Crippen LogP contribution in [0.1, 0.15) is 84.8 Å². The number of allylic oxidation sites excluding steroid dienone is 1. The molecule has 0 radical (unpaired) electrons. The van der Waals surface area contributed by atoms with Crippen LogP contribution in [0.5, 0.6) is 5.75 Å². The Hall–Kier alpha value is -3.98. The molecular formula is C29H31N3O5S. The van der Waals surface area contributed by atoms with E-state index in [0.29, 0.717) is 17.4 Å². The topological polar surface area (TPSA) is 125 Å². The Morgan fingerprint density at radius 1 is 1.05 bits per heavy atom. The Labute approximate surface area is 226 Å². The van der Waals surface area contributed by atoms with Crippen LogP contribution in [0.15, 0.2) is 47.0 Å². The van der Waals surface area contributed by atoms with Crippen molar-refractivity contribution in [3.63, 3.8) is 0 Å². The van der Waals surface area contributed by atoms with Crippen LogP contribution < -0.4 is 10.6 Å². The molecule has 0 fully saturated rings. The molecule has 0 saturated carbocycles. The summed E-state index contributed by atoms with van der Waals surface area (Å²) in [7, 11) is 0. The fraction of sp³-hybridized carbons (Fsp3) is 0.310. The van der Waals surface area contributed by atoms with Crippen LogP contribution in [0.25, 0.3) is 11.6 Å². The molecule has 1 heterocycles. The molecule has 3 aromatic rings. The minimum Gasteiger partial charge on any atom is -0.507 e. The van der Waals surface area contributed by atoms with E-state index in [9.17, 15) is 14.7 Å². The molecule has 4 N–H and O–H groups in total. The SMILES string of the molecule is C/C(=C/c1cc(C(=O)NC(=S)Nc2ccc(C(=O)O)c(O)c2)no1)c1ccc2c(c1)C(C)(C)C(C)C2(C)C. The van der Waals surface area contributed by atoms with E-state index in [1.165, 1.54) is 35.4 Å². The molecule has 1 aliphatic rings. The Balaban J connectivity index is 1.45. The van der Waals surface area contributed by atoms with Crippen LogP contribution in [0.4, 0.5) is 5.69 Å². The first-order valence-electron chi connectivity index (χ1n) is 12.2. The number of benzene rings is 2. The van der Waals surface area contributed by atoms with Gasteiger partial charge in [0, 0.05) is 17.8 Å². The van der Waals surface area contributed by atoms with E-state index in [2.05, 4.69) is 68.6 Å². The third kappa shape index (κ3) is 4.93. The molecule has 1 aliphatic carbocycles. The van der Waals surface area contributed by atoms with Gasteiger partial charge < -0.3 is 20.1 Å². The molecule has 0 bridgehead atoms. The van der Waals surface area contributed by atoms with Crippen molar-refractivity contribution in [1.29, 1.82) is 0 Å². The van der Waals surface area contributed by atoms with Gasteiger partial charge in [0.15, 0.2) is 16.6 Å². The third-order valence-electron chi connectivity index (χ3n) is 7.86. The Kier molecular flexibility index (Phi) is 6.92. The van der Waals surface area contributed by atoms with Crippen molar-refractivity contribution in [1.82, 2.24) is 10.5 Å². The fourth-order valence-corrected chi connectivity index (χ4v) is 5.34. The molecule has 0 spiro atoms. The number of carboxylic acid groups (broad SMARTS) is 1. The fourth-order valence-electron chi connectivity index (χ4n) is 5.13. The highest BCUT2D eigenvalue weighted by atomic mass is 32.1. The number of fused-ring (bicyclic) bond motifs is 1. The van der Waals surface area contributed by atoms with Gasteiger partial charge in [0.2, 0.25) is 0 Å². The number of anilines is 1. The predicted octanol–water partition coefficient (Wildman–Crippen LogP) is 5.97. The van der Waals surface area contributed by atoms with Gasteiger partial charge in [-0.05, 0) is 76.4 Å². The van der Waals surface area contributed by atoms with Crippen LogP contribution in [0.3, 0.4) is 0 Å². The molecule has 0 aliphatic heterocycles. The number of aromatic nitrogens is 1. The van der Waals surface area contributed by atoms with E-state index < -0.39 is 17.6 Å². The highest BCUT2D eigenvalue weighted by Gasteiger charge is 2.48. The zero-order valence-electron chi connectivity index (χ0n) is 22.2. The standard InChI is InChI=1S/C29H31N3O5S/c1-15(17-7-10-21-22(12-17)29(5,6)16(2)28(21,3)4)11-19-14-23(32-37-19)25(34)31-27(38)30-18-8-9-20(26(35)36)24(33)13-18/h7-14,16,33H,1-6H3,(H,35,36)(H2,30,31,34,38)/b15-11-. The predicted molar refractivity (Wildman–Crippen MR) is 150 cm³/mol. The first-order chi connectivity index (χ1) is 17.7. The number of hydrogen-bond acceptors (Lipinski definition) is 6. The normalized spacial score (nSPS) is 17.5. The maximum atomic E-state index is 12.6. The van der Waals surface area contributed by atoms with Crippen LogP contribution in [-0.2, 0) is 10.8 Å². The largest absolute Gasteiger partial charge is 0.507 e. The molecule has 1 amide bonds. The first-order valence-corrected chi connectivity index (χ1v) is 12.6. The van der Waals surface area contributed by atoms with Gasteiger partial charge in [-0.1, -0.05) is 58.0 Å². The summed E-state index contributed by atoms with van der Waals surface area (Å²) < 4.78 is 5.37. The third-order valence-corrected chi connectivity index (χ3v) is 8.07. The lowest BCUT2D eigenvalue weighted by atomic mass is 9.71. The Morgan fingerprint density at radius 3 is 2.39 bits per heavy atom. The number of rotatable bonds is 5. The van der Waals surface area contributed by atoms with Crippen LogP contribution in [0.2, 0.25) is 0 Å². The summed E-state index contributed by atoms with van der Waals surface area (Å²) in [4.78, 5) is 23.6. The quantitative estimate of drug-likeness (QED) is 0.296. The number of thiocarbonyl (C=S) groups is 1. The summed E-state index contributed by atoms with van der Waals surface area (Å²) in [6, 6.07) is 12.0. The summed E-state index contributed by atoms with van der Waals surface area (Å²) in [5, 5.41) is 27.8. The molecule has 38 heavy (non-hydrogen) atoms. The van der Waals surface area contributed by atoms with Crippen molar-refractivity contribution in [3.8, 4) is 5.75 Å². The summed E-state index contributed by atoms with van der Waals surface area (Å²) >= 11 is 5.15. The maximum Gasteiger partial charge on any atom is 0.339 e. The second kappa shape index (κ2) is 9.72. The zero-order valence-corrected chi connectivity index (χ0v) is 23.0. The molecular weight excluding hydrogens is 502 g/mol. The highest BCUT2D eigenvalue weighted by molar-refractivity contribution is 7.80. The molecule has 9 heteroatoms. The second-order valence-corrected chi connectivity index (χ2v) is 11.2. The van der Waals surface area contributed by atoms with Gasteiger partial charge in [0.05, 0.1) is 0 Å². The number of carbonyl (C=O) groups excluding carboxylic acids is 1. The number of amides is 1. The van der Waals surface area contributed by atoms with Gasteiger partial charge in [-0.15, -0.1) is 0 Å². The van der Waals surface area contributed by atoms with Gasteiger partial charge in [-0.2, -0.15) is 0 Å². The average molecular weight is 534 g/mol. The van der Waals surface area contributed by atoms with Gasteiger partial charge >= 0.3 is 5.97 Å². The van der Waals surface area contributed by atoms with Gasteiger partial charge in [-0.25, -0.2) is 4.79 Å². The number of nitrogens with one attached hydrogen (secondary N) is 2. The summed E-state index contributed by atoms with van der Waals surface area (Å²) in [6.07, 6.45) is 1.84. The lowest BCUT2D eigenvalue weighted by Crippen LogP contribution is -2.34. The maximum absolute atomic E-state index is 12.6. The smallest absolute Gasteiger partial charge is 0.339 e. The number of carboxylic acids is 1. The number of hydrogen-bond donors (Lipinski definition) is 4. The number of aromatic carboxylic acids is 1. The summed E-state index contributed by atoms with van der Waals surface area (Å²) in [5.74, 6) is -1.34. The van der Waals surface area contributed by atoms with Crippen molar-refractivity contribution in [2.24, 2.45) is 5.92 Å². The summed E-state index contributed by atoms with van der Waals surface area (Å²) in [6.45, 7) is 13.5. The average Bonchev–Trinajstić information content (AvgIpc) is 3.35. The van der Waals surface area contributed by atoms with E-state index >= 15 is 0 Å². The van der Waals surface area contributed by atoms with Crippen LogP contribution >= 0.6 is 12.2 Å². The minimum atomic E-state index is -1.25. The molecule has 1 atom stereocenters. The molecule has 1 unspecified atom stereocenters. The lowest BCUT2D eigenvalue weighted by Gasteiger charge is -2.32. The number of phenols is 1. The van der Waals surface area contributed by atoms with Crippen molar-refractivity contribution in [3.05, 3.63) is 76.2 Å². The first kappa shape index (κ1) is 27.1. The van der Waals surface area contributed by atoms with Crippen molar-refractivity contribution in [2.45, 2.75) is 52.4 Å². The second-order valence-electron chi connectivity index (χ2n) is 10.8. The van der Waals surface area contributed by atoms with Crippen molar-refractivity contribution < 1.29 is 24.3 Å². The molecule has 0 saturated heterocycles. The Bertz CT molecular complexity index is 1490. The number of nitrogens with zero attached hydrogens (tertiary/aromatic N) is 1.